The summed E-state index contributed by atoms with van der Waals surface area (Å²) in [6.45, 7) is 0.381. The second-order valence-electron chi connectivity index (χ2n) is 6.14. The molecule has 2 heterocycles. The van der Waals surface area contributed by atoms with Gasteiger partial charge in [0.2, 0.25) is 15.9 Å². The van der Waals surface area contributed by atoms with Gasteiger partial charge in [0.05, 0.1) is 19.1 Å². The van der Waals surface area contributed by atoms with E-state index in [1.165, 1.54) is 15.6 Å². The number of benzene rings is 1. The fourth-order valence-corrected chi connectivity index (χ4v) is 4.82. The maximum absolute atomic E-state index is 12.6. The van der Waals surface area contributed by atoms with Crippen molar-refractivity contribution in [2.75, 3.05) is 25.2 Å². The minimum atomic E-state index is -3.41. The van der Waals surface area contributed by atoms with Gasteiger partial charge in [-0.05, 0) is 37.1 Å². The van der Waals surface area contributed by atoms with E-state index in [1.807, 2.05) is 29.6 Å². The molecule has 1 unspecified atom stereocenters. The SMILES string of the molecule is COc1ccc(-c2csc(NC(=O)C3CCCCN3S(C)(=O)=O)n2)cc1. The van der Waals surface area contributed by atoms with Crippen LogP contribution in [-0.4, -0.2) is 49.6 Å². The van der Waals surface area contributed by atoms with Crippen molar-refractivity contribution in [3.05, 3.63) is 29.6 Å². The summed E-state index contributed by atoms with van der Waals surface area (Å²) >= 11 is 1.31. The van der Waals surface area contributed by atoms with Crippen molar-refractivity contribution in [2.24, 2.45) is 0 Å². The number of hydrogen-bond acceptors (Lipinski definition) is 6. The average molecular weight is 396 g/mol. The molecule has 1 amide bonds. The van der Waals surface area contributed by atoms with Gasteiger partial charge in [-0.2, -0.15) is 4.31 Å². The molecule has 1 aromatic carbocycles. The van der Waals surface area contributed by atoms with Crippen molar-refractivity contribution >= 4 is 32.4 Å². The van der Waals surface area contributed by atoms with E-state index in [1.54, 1.807) is 7.11 Å². The Hall–Kier alpha value is -1.97. The third-order valence-electron chi connectivity index (χ3n) is 4.30. The number of rotatable bonds is 5. The second-order valence-corrected chi connectivity index (χ2v) is 8.93. The molecule has 7 nitrogen and oxygen atoms in total. The van der Waals surface area contributed by atoms with Crippen LogP contribution in [0.1, 0.15) is 19.3 Å². The number of aromatic nitrogens is 1. The number of nitrogens with zero attached hydrogens (tertiary/aromatic N) is 2. The second kappa shape index (κ2) is 7.73. The predicted molar refractivity (Wildman–Crippen MR) is 102 cm³/mol. The number of methoxy groups -OCH3 is 1. The van der Waals surface area contributed by atoms with Crippen LogP contribution in [0.3, 0.4) is 0 Å². The van der Waals surface area contributed by atoms with Gasteiger partial charge in [0.1, 0.15) is 11.8 Å². The summed E-state index contributed by atoms with van der Waals surface area (Å²) in [7, 11) is -1.81. The maximum atomic E-state index is 12.6. The van der Waals surface area contributed by atoms with E-state index in [-0.39, 0.29) is 5.91 Å². The van der Waals surface area contributed by atoms with Crippen LogP contribution in [0.2, 0.25) is 0 Å². The average Bonchev–Trinajstić information content (AvgIpc) is 3.09. The van der Waals surface area contributed by atoms with Crippen LogP contribution in [-0.2, 0) is 14.8 Å². The highest BCUT2D eigenvalue weighted by Crippen LogP contribution is 2.27. The number of sulfonamides is 1. The molecule has 1 N–H and O–H groups in total. The molecule has 9 heteroatoms. The first-order valence-corrected chi connectivity index (χ1v) is 11.0. The maximum Gasteiger partial charge on any atom is 0.244 e. The van der Waals surface area contributed by atoms with Gasteiger partial charge in [-0.15, -0.1) is 11.3 Å². The van der Waals surface area contributed by atoms with Crippen molar-refractivity contribution < 1.29 is 17.9 Å². The number of ether oxygens (including phenoxy) is 1. The van der Waals surface area contributed by atoms with E-state index in [4.69, 9.17) is 4.74 Å². The molecule has 1 fully saturated rings. The van der Waals surface area contributed by atoms with Crippen LogP contribution in [0, 0.1) is 0 Å². The third-order valence-corrected chi connectivity index (χ3v) is 6.35. The van der Waals surface area contributed by atoms with E-state index in [2.05, 4.69) is 10.3 Å². The minimum absolute atomic E-state index is 0.328. The van der Waals surface area contributed by atoms with Crippen molar-refractivity contribution in [3.63, 3.8) is 0 Å². The van der Waals surface area contributed by atoms with Gasteiger partial charge in [-0.25, -0.2) is 13.4 Å². The first kappa shape index (κ1) is 18.8. The summed E-state index contributed by atoms with van der Waals surface area (Å²) in [4.78, 5) is 17.0. The van der Waals surface area contributed by atoms with Crippen LogP contribution < -0.4 is 10.1 Å². The lowest BCUT2D eigenvalue weighted by Gasteiger charge is -2.32. The van der Waals surface area contributed by atoms with E-state index >= 15 is 0 Å². The van der Waals surface area contributed by atoms with Gasteiger partial charge in [-0.3, -0.25) is 4.79 Å². The highest BCUT2D eigenvalue weighted by atomic mass is 32.2. The van der Waals surface area contributed by atoms with E-state index < -0.39 is 16.1 Å². The summed E-state index contributed by atoms with van der Waals surface area (Å²) < 4.78 is 30.3. The Bertz CT molecular complexity index is 878. The van der Waals surface area contributed by atoms with Crippen molar-refractivity contribution in [1.82, 2.24) is 9.29 Å². The minimum Gasteiger partial charge on any atom is -0.497 e. The Morgan fingerprint density at radius 2 is 2.04 bits per heavy atom. The summed E-state index contributed by atoms with van der Waals surface area (Å²) in [5.41, 5.74) is 1.66. The Morgan fingerprint density at radius 3 is 2.69 bits per heavy atom. The van der Waals surface area contributed by atoms with Crippen molar-refractivity contribution in [3.8, 4) is 17.0 Å². The van der Waals surface area contributed by atoms with Crippen LogP contribution >= 0.6 is 11.3 Å². The molecule has 1 aliphatic rings. The molecule has 0 saturated carbocycles. The van der Waals surface area contributed by atoms with Crippen LogP contribution in [0.5, 0.6) is 5.75 Å². The summed E-state index contributed by atoms with van der Waals surface area (Å²) in [6, 6.07) is 6.81. The standard InChI is InChI=1S/C17H21N3O4S2/c1-24-13-8-6-12(7-9-13)14-11-25-17(18-14)19-16(21)15-5-3-4-10-20(15)26(2,22)23/h6-9,11,15H,3-5,10H2,1-2H3,(H,18,19,21). The number of piperidine rings is 1. The number of thiazole rings is 1. The molecule has 0 spiro atoms. The molecular weight excluding hydrogens is 374 g/mol. The van der Waals surface area contributed by atoms with Crippen molar-refractivity contribution in [2.45, 2.75) is 25.3 Å². The van der Waals surface area contributed by atoms with Gasteiger partial charge in [-0.1, -0.05) is 6.42 Å². The Labute approximate surface area is 157 Å². The lowest BCUT2D eigenvalue weighted by Crippen LogP contribution is -2.49. The topological polar surface area (TPSA) is 88.6 Å². The Kier molecular flexibility index (Phi) is 5.59. The first-order valence-electron chi connectivity index (χ1n) is 8.26. The third kappa shape index (κ3) is 4.22. The number of carbonyl (C=O) groups is 1. The molecule has 1 atom stereocenters. The number of hydrogen-bond donors (Lipinski definition) is 1. The van der Waals surface area contributed by atoms with Crippen LogP contribution in [0.25, 0.3) is 11.3 Å². The zero-order valence-electron chi connectivity index (χ0n) is 14.6. The predicted octanol–water partition coefficient (Wildman–Crippen LogP) is 2.57. The summed E-state index contributed by atoms with van der Waals surface area (Å²) in [5.74, 6) is 0.432. The number of nitrogens with one attached hydrogen (secondary N) is 1. The van der Waals surface area contributed by atoms with Gasteiger partial charge in [0.15, 0.2) is 5.13 Å². The Morgan fingerprint density at radius 1 is 1.31 bits per heavy atom. The molecule has 26 heavy (non-hydrogen) atoms. The van der Waals surface area contributed by atoms with Crippen LogP contribution in [0.15, 0.2) is 29.6 Å². The van der Waals surface area contributed by atoms with Gasteiger partial charge in [0.25, 0.3) is 0 Å². The molecule has 140 valence electrons. The van der Waals surface area contributed by atoms with E-state index in [9.17, 15) is 13.2 Å². The fourth-order valence-electron chi connectivity index (χ4n) is 2.98. The quantitative estimate of drug-likeness (QED) is 0.841. The smallest absolute Gasteiger partial charge is 0.244 e. The largest absolute Gasteiger partial charge is 0.497 e. The molecule has 2 aromatic rings. The van der Waals surface area contributed by atoms with E-state index in [0.717, 1.165) is 36.1 Å². The summed E-state index contributed by atoms with van der Waals surface area (Å²) in [6.07, 6.45) is 3.27. The fraction of sp³-hybridized carbons (Fsp3) is 0.412. The van der Waals surface area contributed by atoms with Gasteiger partial charge < -0.3 is 10.1 Å². The van der Waals surface area contributed by atoms with Gasteiger partial charge in [0, 0.05) is 17.5 Å². The van der Waals surface area contributed by atoms with E-state index in [0.29, 0.717) is 18.1 Å². The monoisotopic (exact) mass is 395 g/mol. The molecule has 0 bridgehead atoms. The molecule has 1 aliphatic heterocycles. The highest BCUT2D eigenvalue weighted by molar-refractivity contribution is 7.88. The first-order chi connectivity index (χ1) is 12.4. The zero-order valence-corrected chi connectivity index (χ0v) is 16.3. The molecule has 0 radical (unpaired) electrons. The number of anilines is 1. The van der Waals surface area contributed by atoms with Crippen LogP contribution in [0.4, 0.5) is 5.13 Å². The zero-order chi connectivity index (χ0) is 18.7. The molecule has 0 aliphatic carbocycles. The molecular formula is C17H21N3O4S2. The lowest BCUT2D eigenvalue weighted by atomic mass is 10.0. The Balaban J connectivity index is 1.72. The molecule has 1 saturated heterocycles. The number of carbonyl (C=O) groups excluding carboxylic acids is 1. The number of amides is 1. The van der Waals surface area contributed by atoms with Gasteiger partial charge >= 0.3 is 0 Å². The normalized spacial score (nSPS) is 18.5. The molecule has 3 rings (SSSR count). The summed E-state index contributed by atoms with van der Waals surface area (Å²) in [5, 5.41) is 5.08. The molecule has 1 aromatic heterocycles. The lowest BCUT2D eigenvalue weighted by molar-refractivity contribution is -0.120. The van der Waals surface area contributed by atoms with Crippen molar-refractivity contribution in [1.29, 1.82) is 0 Å². The highest BCUT2D eigenvalue weighted by Gasteiger charge is 2.34.